The Morgan fingerprint density at radius 1 is 1.20 bits per heavy atom. The maximum atomic E-state index is 5.66. The van der Waals surface area contributed by atoms with Crippen LogP contribution in [-0.4, -0.2) is 14.5 Å². The quantitative estimate of drug-likeness (QED) is 0.790. The van der Waals surface area contributed by atoms with E-state index in [2.05, 4.69) is 41.6 Å². The highest BCUT2D eigenvalue weighted by atomic mass is 15.1. The van der Waals surface area contributed by atoms with Gasteiger partial charge in [0, 0.05) is 18.3 Å². The molecule has 2 aromatic heterocycles. The Hall–Kier alpha value is -2.36. The van der Waals surface area contributed by atoms with Crippen molar-refractivity contribution in [1.82, 2.24) is 14.5 Å². The summed E-state index contributed by atoms with van der Waals surface area (Å²) in [5.41, 5.74) is 10.1. The highest BCUT2D eigenvalue weighted by Crippen LogP contribution is 2.25. The second-order valence-electron chi connectivity index (χ2n) is 5.05. The van der Waals surface area contributed by atoms with E-state index in [0.29, 0.717) is 5.82 Å². The molecule has 0 fully saturated rings. The van der Waals surface area contributed by atoms with Gasteiger partial charge in [-0.25, -0.2) is 9.97 Å². The summed E-state index contributed by atoms with van der Waals surface area (Å²) in [4.78, 5) is 8.94. The number of aryl methyl sites for hydroxylation is 2. The van der Waals surface area contributed by atoms with Gasteiger partial charge in [-0.15, -0.1) is 0 Å². The van der Waals surface area contributed by atoms with Gasteiger partial charge >= 0.3 is 0 Å². The zero-order chi connectivity index (χ0) is 14.1. The molecule has 0 saturated heterocycles. The van der Waals surface area contributed by atoms with E-state index in [-0.39, 0.29) is 0 Å². The van der Waals surface area contributed by atoms with Gasteiger partial charge in [-0.2, -0.15) is 0 Å². The predicted molar refractivity (Wildman–Crippen MR) is 82.4 cm³/mol. The van der Waals surface area contributed by atoms with Crippen LogP contribution < -0.4 is 5.73 Å². The van der Waals surface area contributed by atoms with E-state index >= 15 is 0 Å². The fourth-order valence-electron chi connectivity index (χ4n) is 2.45. The Kier molecular flexibility index (Phi) is 3.14. The Morgan fingerprint density at radius 2 is 2.05 bits per heavy atom. The number of anilines is 1. The Labute approximate surface area is 118 Å². The van der Waals surface area contributed by atoms with Crippen LogP contribution in [0, 0.1) is 6.92 Å². The van der Waals surface area contributed by atoms with Gasteiger partial charge in [-0.3, -0.25) is 0 Å². The molecule has 2 N–H and O–H groups in total. The number of hydrogen-bond donors (Lipinski definition) is 1. The first-order chi connectivity index (χ1) is 9.69. The van der Waals surface area contributed by atoms with E-state index in [9.17, 15) is 0 Å². The smallest absolute Gasteiger partial charge is 0.142 e. The summed E-state index contributed by atoms with van der Waals surface area (Å²) < 4.78 is 2.25. The molecule has 0 atom stereocenters. The second kappa shape index (κ2) is 4.96. The van der Waals surface area contributed by atoms with Gasteiger partial charge in [0.1, 0.15) is 11.6 Å². The zero-order valence-electron chi connectivity index (χ0n) is 11.8. The summed E-state index contributed by atoms with van der Waals surface area (Å²) in [5, 5.41) is 0. The summed E-state index contributed by atoms with van der Waals surface area (Å²) in [7, 11) is 0. The van der Waals surface area contributed by atoms with Crippen molar-refractivity contribution < 1.29 is 0 Å². The van der Waals surface area contributed by atoms with E-state index in [1.807, 2.05) is 12.1 Å². The number of rotatable bonds is 3. The fraction of sp³-hybridized carbons (Fsp3) is 0.250. The average molecular weight is 266 g/mol. The van der Waals surface area contributed by atoms with Crippen molar-refractivity contribution in [3.63, 3.8) is 0 Å². The molecule has 4 heteroatoms. The molecule has 0 bridgehead atoms. The third kappa shape index (κ3) is 2.13. The number of aromatic nitrogens is 3. The van der Waals surface area contributed by atoms with Gasteiger partial charge in [0.15, 0.2) is 0 Å². The SMILES string of the molecule is CCCn1c(-c2ccc(N)nc2)nc2cc(C)ccc21. The lowest BCUT2D eigenvalue weighted by molar-refractivity contribution is 0.704. The molecule has 0 radical (unpaired) electrons. The monoisotopic (exact) mass is 266 g/mol. The van der Waals surface area contributed by atoms with Crippen LogP contribution in [0.3, 0.4) is 0 Å². The molecule has 102 valence electrons. The van der Waals surface area contributed by atoms with Crippen molar-refractivity contribution >= 4 is 16.9 Å². The summed E-state index contributed by atoms with van der Waals surface area (Å²) in [6, 6.07) is 10.2. The minimum Gasteiger partial charge on any atom is -0.384 e. The summed E-state index contributed by atoms with van der Waals surface area (Å²) >= 11 is 0. The summed E-state index contributed by atoms with van der Waals surface area (Å²) in [6.07, 6.45) is 2.85. The van der Waals surface area contributed by atoms with Crippen molar-refractivity contribution in [3.05, 3.63) is 42.1 Å². The lowest BCUT2D eigenvalue weighted by Crippen LogP contribution is -2.00. The molecule has 0 aliphatic rings. The number of nitrogens with zero attached hydrogens (tertiary/aromatic N) is 3. The number of fused-ring (bicyclic) bond motifs is 1. The van der Waals surface area contributed by atoms with Gasteiger partial charge in [0.25, 0.3) is 0 Å². The number of hydrogen-bond acceptors (Lipinski definition) is 3. The van der Waals surface area contributed by atoms with E-state index in [1.54, 1.807) is 6.20 Å². The Bertz CT molecular complexity index is 741. The molecular formula is C16H18N4. The van der Waals surface area contributed by atoms with Crippen LogP contribution in [0.15, 0.2) is 36.5 Å². The van der Waals surface area contributed by atoms with Crippen LogP contribution >= 0.6 is 0 Å². The molecular weight excluding hydrogens is 248 g/mol. The van der Waals surface area contributed by atoms with Crippen molar-refractivity contribution in [2.24, 2.45) is 0 Å². The summed E-state index contributed by atoms with van der Waals surface area (Å²) in [5.74, 6) is 1.49. The summed E-state index contributed by atoms with van der Waals surface area (Å²) in [6.45, 7) is 5.20. The van der Waals surface area contributed by atoms with Crippen LogP contribution in [-0.2, 0) is 6.54 Å². The molecule has 3 rings (SSSR count). The molecule has 0 unspecified atom stereocenters. The maximum absolute atomic E-state index is 5.66. The Morgan fingerprint density at radius 3 is 2.75 bits per heavy atom. The highest BCUT2D eigenvalue weighted by molar-refractivity contribution is 5.81. The molecule has 2 heterocycles. The predicted octanol–water partition coefficient (Wildman–Crippen LogP) is 3.40. The minimum atomic E-state index is 0.530. The first-order valence-corrected chi connectivity index (χ1v) is 6.88. The normalized spacial score (nSPS) is 11.1. The number of imidazole rings is 1. The van der Waals surface area contributed by atoms with Gasteiger partial charge in [-0.05, 0) is 43.2 Å². The molecule has 0 saturated carbocycles. The lowest BCUT2D eigenvalue weighted by Gasteiger charge is -2.07. The molecule has 4 nitrogen and oxygen atoms in total. The van der Waals surface area contributed by atoms with E-state index in [4.69, 9.17) is 10.7 Å². The topological polar surface area (TPSA) is 56.7 Å². The van der Waals surface area contributed by atoms with Gasteiger partial charge in [0.2, 0.25) is 0 Å². The lowest BCUT2D eigenvalue weighted by atomic mass is 10.2. The first kappa shape index (κ1) is 12.7. The van der Waals surface area contributed by atoms with Gasteiger partial charge < -0.3 is 10.3 Å². The average Bonchev–Trinajstić information content (AvgIpc) is 2.78. The highest BCUT2D eigenvalue weighted by Gasteiger charge is 2.12. The second-order valence-corrected chi connectivity index (χ2v) is 5.05. The van der Waals surface area contributed by atoms with E-state index < -0.39 is 0 Å². The number of benzene rings is 1. The van der Waals surface area contributed by atoms with Gasteiger partial charge in [0.05, 0.1) is 11.0 Å². The third-order valence-electron chi connectivity index (χ3n) is 3.40. The molecule has 0 spiro atoms. The molecule has 20 heavy (non-hydrogen) atoms. The van der Waals surface area contributed by atoms with E-state index in [0.717, 1.165) is 29.9 Å². The number of pyridine rings is 1. The van der Waals surface area contributed by atoms with Crippen molar-refractivity contribution in [3.8, 4) is 11.4 Å². The molecule has 3 aromatic rings. The fourth-order valence-corrected chi connectivity index (χ4v) is 2.45. The number of nitrogens with two attached hydrogens (primary N) is 1. The van der Waals surface area contributed by atoms with Crippen molar-refractivity contribution in [2.45, 2.75) is 26.8 Å². The molecule has 0 aliphatic carbocycles. The Balaban J connectivity index is 2.22. The van der Waals surface area contributed by atoms with Crippen LogP contribution in [0.4, 0.5) is 5.82 Å². The van der Waals surface area contributed by atoms with Gasteiger partial charge in [-0.1, -0.05) is 13.0 Å². The zero-order valence-corrected chi connectivity index (χ0v) is 11.8. The van der Waals surface area contributed by atoms with Crippen molar-refractivity contribution in [1.29, 1.82) is 0 Å². The maximum Gasteiger partial charge on any atom is 0.142 e. The van der Waals surface area contributed by atoms with Crippen LogP contribution in [0.1, 0.15) is 18.9 Å². The standard InChI is InChI=1S/C16H18N4/c1-3-8-20-14-6-4-11(2)9-13(14)19-16(20)12-5-7-15(17)18-10-12/h4-7,9-10H,3,8H2,1-2H3,(H2,17,18). The van der Waals surface area contributed by atoms with E-state index in [1.165, 1.54) is 11.1 Å². The molecule has 0 aliphatic heterocycles. The van der Waals surface area contributed by atoms with Crippen LogP contribution in [0.5, 0.6) is 0 Å². The molecule has 0 amide bonds. The third-order valence-corrected chi connectivity index (χ3v) is 3.40. The van der Waals surface area contributed by atoms with Crippen LogP contribution in [0.25, 0.3) is 22.4 Å². The first-order valence-electron chi connectivity index (χ1n) is 6.88. The largest absolute Gasteiger partial charge is 0.384 e. The molecule has 1 aromatic carbocycles. The van der Waals surface area contributed by atoms with Crippen LogP contribution in [0.2, 0.25) is 0 Å². The number of nitrogen functional groups attached to an aromatic ring is 1. The minimum absolute atomic E-state index is 0.530. The van der Waals surface area contributed by atoms with Crippen molar-refractivity contribution in [2.75, 3.05) is 5.73 Å².